The van der Waals surface area contributed by atoms with Crippen LogP contribution in [0.4, 0.5) is 0 Å². The van der Waals surface area contributed by atoms with E-state index < -0.39 is 12.1 Å². The first-order chi connectivity index (χ1) is 32.7. The lowest BCUT2D eigenvalue weighted by Crippen LogP contribution is -2.45. The number of aliphatic hydroxyl groups is 2. The monoisotopic (exact) mass is 920 g/mol. The minimum Gasteiger partial charge on any atom is -0.394 e. The second-order valence-electron chi connectivity index (χ2n) is 19.7. The SMILES string of the molecule is CC/C=C\C/C=C\C/C=C\C/C=C\C/C=C\C/C=C\CCCCCCCCCCCCC(=O)NC(CO)C(O)CCCCCCCCCCCCCCCCCCCCCCCCCCC. The highest BCUT2D eigenvalue weighted by Gasteiger charge is 2.20. The van der Waals surface area contributed by atoms with Gasteiger partial charge in [-0.2, -0.15) is 0 Å². The van der Waals surface area contributed by atoms with Crippen LogP contribution in [-0.4, -0.2) is 34.9 Å². The number of rotatable bonds is 53. The highest BCUT2D eigenvalue weighted by Crippen LogP contribution is 2.17. The maximum Gasteiger partial charge on any atom is 0.220 e. The number of amides is 1. The van der Waals surface area contributed by atoms with Crippen molar-refractivity contribution in [2.24, 2.45) is 0 Å². The number of carbonyl (C=O) groups excluding carboxylic acids is 1. The number of unbranched alkanes of at least 4 members (excludes halogenated alkanes) is 34. The Morgan fingerprint density at radius 3 is 1.00 bits per heavy atom. The standard InChI is InChI=1S/C62H113NO3/c1-3-5-7-9-11-13-15-17-19-21-23-25-27-29-30-31-32-34-36-38-40-42-44-46-48-50-52-54-56-58-62(66)63-60(59-64)61(65)57-55-53-51-49-47-45-43-41-39-37-35-33-28-26-24-22-20-18-16-14-12-10-8-6-4-2/h5,7,11,13,17,19,23,25,29-30,32,34,60-61,64-65H,3-4,6,8-10,12,14-16,18,20-22,24,26-28,31,33,35-59H2,1-2H3,(H,63,66)/b7-5-,13-11-,19-17-,25-23-,30-29-,34-32-. The zero-order valence-corrected chi connectivity index (χ0v) is 44.2. The minimum atomic E-state index is -0.667. The van der Waals surface area contributed by atoms with E-state index in [2.05, 4.69) is 92.1 Å². The molecule has 384 valence electrons. The van der Waals surface area contributed by atoms with Gasteiger partial charge in [0.05, 0.1) is 18.8 Å². The van der Waals surface area contributed by atoms with E-state index in [4.69, 9.17) is 0 Å². The second-order valence-corrected chi connectivity index (χ2v) is 19.7. The van der Waals surface area contributed by atoms with Crippen LogP contribution >= 0.6 is 0 Å². The predicted octanol–water partition coefficient (Wildman–Crippen LogP) is 19.4. The van der Waals surface area contributed by atoms with Crippen LogP contribution in [0.2, 0.25) is 0 Å². The van der Waals surface area contributed by atoms with Gasteiger partial charge in [-0.25, -0.2) is 0 Å². The third kappa shape index (κ3) is 52.8. The maximum atomic E-state index is 12.5. The number of carbonyl (C=O) groups is 1. The van der Waals surface area contributed by atoms with E-state index in [0.29, 0.717) is 12.8 Å². The average Bonchev–Trinajstić information content (AvgIpc) is 3.32. The van der Waals surface area contributed by atoms with E-state index in [1.54, 1.807) is 0 Å². The number of allylic oxidation sites excluding steroid dienone is 12. The number of hydrogen-bond donors (Lipinski definition) is 3. The molecule has 4 heteroatoms. The zero-order chi connectivity index (χ0) is 47.7. The van der Waals surface area contributed by atoms with E-state index in [-0.39, 0.29) is 12.5 Å². The molecular weight excluding hydrogens is 807 g/mol. The molecule has 4 nitrogen and oxygen atoms in total. The molecule has 2 unspecified atom stereocenters. The lowest BCUT2D eigenvalue weighted by atomic mass is 10.0. The van der Waals surface area contributed by atoms with E-state index in [1.165, 1.54) is 205 Å². The Kier molecular flexibility index (Phi) is 55.3. The summed E-state index contributed by atoms with van der Waals surface area (Å²) in [6.07, 6.45) is 81.8. The molecule has 2 atom stereocenters. The highest BCUT2D eigenvalue weighted by molar-refractivity contribution is 5.76. The lowest BCUT2D eigenvalue weighted by molar-refractivity contribution is -0.123. The summed E-state index contributed by atoms with van der Waals surface area (Å²) in [6.45, 7) is 4.27. The molecule has 0 spiro atoms. The van der Waals surface area contributed by atoms with Gasteiger partial charge in [0.25, 0.3) is 0 Å². The molecule has 1 amide bonds. The Bertz CT molecular complexity index is 1130. The topological polar surface area (TPSA) is 69.6 Å². The van der Waals surface area contributed by atoms with Crippen molar-refractivity contribution in [3.05, 3.63) is 72.9 Å². The molecule has 0 rings (SSSR count). The molecule has 0 aromatic carbocycles. The summed E-state index contributed by atoms with van der Waals surface area (Å²) in [5.74, 6) is -0.0352. The Morgan fingerprint density at radius 1 is 0.379 bits per heavy atom. The molecule has 0 radical (unpaired) electrons. The molecule has 0 saturated carbocycles. The smallest absolute Gasteiger partial charge is 0.220 e. The molecule has 0 aliphatic carbocycles. The van der Waals surface area contributed by atoms with Gasteiger partial charge >= 0.3 is 0 Å². The summed E-state index contributed by atoms with van der Waals surface area (Å²) >= 11 is 0. The third-order valence-electron chi connectivity index (χ3n) is 13.2. The van der Waals surface area contributed by atoms with E-state index in [1.807, 2.05) is 0 Å². The fraction of sp³-hybridized carbons (Fsp3) is 0.790. The fourth-order valence-corrected chi connectivity index (χ4v) is 8.84. The van der Waals surface area contributed by atoms with Crippen molar-refractivity contribution in [2.75, 3.05) is 6.61 Å². The van der Waals surface area contributed by atoms with Crippen molar-refractivity contribution in [1.82, 2.24) is 5.32 Å². The molecule has 0 aliphatic rings. The van der Waals surface area contributed by atoms with Gasteiger partial charge in [0.2, 0.25) is 5.91 Å². The predicted molar refractivity (Wildman–Crippen MR) is 294 cm³/mol. The summed E-state index contributed by atoms with van der Waals surface area (Å²) < 4.78 is 0. The Morgan fingerprint density at radius 2 is 0.667 bits per heavy atom. The summed E-state index contributed by atoms with van der Waals surface area (Å²) in [6, 6.07) is -0.544. The third-order valence-corrected chi connectivity index (χ3v) is 13.2. The first-order valence-electron chi connectivity index (χ1n) is 29.1. The van der Waals surface area contributed by atoms with Crippen LogP contribution in [0.15, 0.2) is 72.9 Å². The summed E-state index contributed by atoms with van der Waals surface area (Å²) in [4.78, 5) is 12.5. The van der Waals surface area contributed by atoms with Crippen LogP contribution in [0.25, 0.3) is 0 Å². The molecule has 3 N–H and O–H groups in total. The number of hydrogen-bond acceptors (Lipinski definition) is 3. The quantitative estimate of drug-likeness (QED) is 0.0421. The van der Waals surface area contributed by atoms with Gasteiger partial charge in [-0.1, -0.05) is 299 Å². The maximum absolute atomic E-state index is 12.5. The Labute approximate surface area is 412 Å². The molecular formula is C62H113NO3. The molecule has 0 saturated heterocycles. The minimum absolute atomic E-state index is 0.0352. The van der Waals surface area contributed by atoms with Crippen molar-refractivity contribution in [3.8, 4) is 0 Å². The van der Waals surface area contributed by atoms with E-state index in [0.717, 1.165) is 64.2 Å². The Hall–Kier alpha value is -2.17. The first kappa shape index (κ1) is 63.8. The average molecular weight is 921 g/mol. The molecule has 0 aromatic rings. The van der Waals surface area contributed by atoms with Crippen LogP contribution in [0, 0.1) is 0 Å². The molecule has 0 aliphatic heterocycles. The number of nitrogens with one attached hydrogen (secondary N) is 1. The molecule has 0 fully saturated rings. The van der Waals surface area contributed by atoms with Gasteiger partial charge in [-0.05, 0) is 64.2 Å². The van der Waals surface area contributed by atoms with Crippen LogP contribution in [-0.2, 0) is 4.79 Å². The van der Waals surface area contributed by atoms with Gasteiger partial charge in [0.1, 0.15) is 0 Å². The van der Waals surface area contributed by atoms with Crippen molar-refractivity contribution < 1.29 is 15.0 Å². The van der Waals surface area contributed by atoms with Crippen molar-refractivity contribution in [1.29, 1.82) is 0 Å². The van der Waals surface area contributed by atoms with Crippen molar-refractivity contribution >= 4 is 5.91 Å². The first-order valence-corrected chi connectivity index (χ1v) is 29.1. The van der Waals surface area contributed by atoms with Crippen LogP contribution in [0.1, 0.15) is 296 Å². The van der Waals surface area contributed by atoms with Gasteiger partial charge in [0.15, 0.2) is 0 Å². The van der Waals surface area contributed by atoms with Gasteiger partial charge in [-0.3, -0.25) is 4.79 Å². The van der Waals surface area contributed by atoms with Crippen molar-refractivity contribution in [3.63, 3.8) is 0 Å². The second kappa shape index (κ2) is 57.1. The van der Waals surface area contributed by atoms with E-state index >= 15 is 0 Å². The molecule has 0 heterocycles. The van der Waals surface area contributed by atoms with Gasteiger partial charge in [-0.15, -0.1) is 0 Å². The lowest BCUT2D eigenvalue weighted by Gasteiger charge is -2.22. The zero-order valence-electron chi connectivity index (χ0n) is 44.2. The summed E-state index contributed by atoms with van der Waals surface area (Å²) in [5.41, 5.74) is 0. The highest BCUT2D eigenvalue weighted by atomic mass is 16.3. The molecule has 66 heavy (non-hydrogen) atoms. The van der Waals surface area contributed by atoms with Crippen LogP contribution < -0.4 is 5.32 Å². The largest absolute Gasteiger partial charge is 0.394 e. The fourth-order valence-electron chi connectivity index (χ4n) is 8.84. The normalized spacial score (nSPS) is 13.3. The van der Waals surface area contributed by atoms with Crippen molar-refractivity contribution in [2.45, 2.75) is 309 Å². The molecule has 0 bridgehead atoms. The number of aliphatic hydroxyl groups excluding tert-OH is 2. The van der Waals surface area contributed by atoms with Crippen LogP contribution in [0.5, 0.6) is 0 Å². The van der Waals surface area contributed by atoms with Gasteiger partial charge in [0, 0.05) is 6.42 Å². The van der Waals surface area contributed by atoms with E-state index in [9.17, 15) is 15.0 Å². The molecule has 0 aromatic heterocycles. The summed E-state index contributed by atoms with van der Waals surface area (Å²) in [5, 5.41) is 23.4. The summed E-state index contributed by atoms with van der Waals surface area (Å²) in [7, 11) is 0. The van der Waals surface area contributed by atoms with Gasteiger partial charge < -0.3 is 15.5 Å². The Balaban J connectivity index is 3.50. The van der Waals surface area contributed by atoms with Crippen LogP contribution in [0.3, 0.4) is 0 Å².